The number of pyridine rings is 1. The Labute approximate surface area is 88.6 Å². The zero-order valence-corrected chi connectivity index (χ0v) is 10.3. The monoisotopic (exact) mass is 356 g/mol. The first kappa shape index (κ1) is 11.7. The standard InChI is InChI=1S/C9H7N.Ir.H3P/c1-2-6-9-8(4-1)5-3-7-10-9;;/h1-7H;;1H3. The van der Waals surface area contributed by atoms with Crippen LogP contribution in [0.3, 0.4) is 0 Å². The normalized spacial score (nSPS) is 8.33. The summed E-state index contributed by atoms with van der Waals surface area (Å²) in [6, 6.07) is 12.1. The van der Waals surface area contributed by atoms with Crippen LogP contribution < -0.4 is 0 Å². The Morgan fingerprint density at radius 1 is 0.917 bits per heavy atom. The molecule has 1 unspecified atom stereocenters. The van der Waals surface area contributed by atoms with Gasteiger partial charge in [-0.05, 0) is 12.1 Å². The van der Waals surface area contributed by atoms with E-state index < -0.39 is 0 Å². The van der Waals surface area contributed by atoms with Crippen molar-refractivity contribution in [1.82, 2.24) is 4.98 Å². The molecule has 0 bridgehead atoms. The molecule has 0 spiro atoms. The second-order valence-electron chi connectivity index (χ2n) is 2.20. The van der Waals surface area contributed by atoms with Gasteiger partial charge in [0.2, 0.25) is 0 Å². The average Bonchev–Trinajstić information content (AvgIpc) is 2.05. The van der Waals surface area contributed by atoms with Crippen molar-refractivity contribution in [3.8, 4) is 0 Å². The minimum atomic E-state index is 0. The number of nitrogens with zero attached hydrogens (tertiary/aromatic N) is 1. The van der Waals surface area contributed by atoms with Gasteiger partial charge in [0.05, 0.1) is 5.52 Å². The van der Waals surface area contributed by atoms with Gasteiger partial charge in [0.15, 0.2) is 0 Å². The molecule has 0 saturated heterocycles. The van der Waals surface area contributed by atoms with Crippen LogP contribution in [0.5, 0.6) is 0 Å². The van der Waals surface area contributed by atoms with Gasteiger partial charge in [0.1, 0.15) is 0 Å². The predicted molar refractivity (Wildman–Crippen MR) is 52.8 cm³/mol. The van der Waals surface area contributed by atoms with Crippen LogP contribution >= 0.6 is 9.90 Å². The predicted octanol–water partition coefficient (Wildman–Crippen LogP) is 2.29. The fourth-order valence-electron chi connectivity index (χ4n) is 1.02. The smallest absolute Gasteiger partial charge is 0.0701 e. The minimum Gasteiger partial charge on any atom is -0.256 e. The summed E-state index contributed by atoms with van der Waals surface area (Å²) in [7, 11) is 0. The number of hydrogen-bond acceptors (Lipinski definition) is 1. The molecular weight excluding hydrogens is 345 g/mol. The Kier molecular flexibility index (Phi) is 5.24. The molecule has 0 aliphatic carbocycles. The van der Waals surface area contributed by atoms with E-state index >= 15 is 0 Å². The Hall–Kier alpha value is -0.291. The van der Waals surface area contributed by atoms with Gasteiger partial charge in [-0.15, -0.1) is 0 Å². The molecular formula is C9H10IrNP. The van der Waals surface area contributed by atoms with E-state index in [1.165, 1.54) is 5.39 Å². The van der Waals surface area contributed by atoms with Crippen LogP contribution in [0.4, 0.5) is 0 Å². The molecule has 1 atom stereocenters. The summed E-state index contributed by atoms with van der Waals surface area (Å²) < 4.78 is 0. The van der Waals surface area contributed by atoms with Crippen LogP contribution in [0.25, 0.3) is 10.9 Å². The minimum absolute atomic E-state index is 0. The maximum atomic E-state index is 4.18. The molecule has 65 valence electrons. The zero-order valence-electron chi connectivity index (χ0n) is 6.53. The van der Waals surface area contributed by atoms with Crippen molar-refractivity contribution in [1.29, 1.82) is 0 Å². The van der Waals surface area contributed by atoms with E-state index in [0.29, 0.717) is 0 Å². The first-order chi connectivity index (χ1) is 4.97. The SMILES string of the molecule is P.[Ir].c1ccc2ncccc2c1. The summed E-state index contributed by atoms with van der Waals surface area (Å²) in [6.07, 6.45) is 1.81. The van der Waals surface area contributed by atoms with Crippen LogP contribution in [-0.4, -0.2) is 4.98 Å². The van der Waals surface area contributed by atoms with Gasteiger partial charge in [0, 0.05) is 31.7 Å². The van der Waals surface area contributed by atoms with Crippen molar-refractivity contribution in [2.75, 3.05) is 0 Å². The van der Waals surface area contributed by atoms with Gasteiger partial charge in [-0.2, -0.15) is 9.90 Å². The third-order valence-electron chi connectivity index (χ3n) is 1.51. The van der Waals surface area contributed by atoms with E-state index in [1.54, 1.807) is 0 Å². The second-order valence-corrected chi connectivity index (χ2v) is 2.20. The van der Waals surface area contributed by atoms with E-state index in [1.807, 2.05) is 30.5 Å². The van der Waals surface area contributed by atoms with Crippen LogP contribution in [0.1, 0.15) is 0 Å². The van der Waals surface area contributed by atoms with E-state index in [-0.39, 0.29) is 30.0 Å². The first-order valence-electron chi connectivity index (χ1n) is 3.26. The number of aromatic nitrogens is 1. The molecule has 1 heterocycles. The Bertz CT molecular complexity index is 286. The topological polar surface area (TPSA) is 12.9 Å². The molecule has 0 saturated carbocycles. The molecule has 1 radical (unpaired) electrons. The molecule has 1 nitrogen and oxygen atoms in total. The second kappa shape index (κ2) is 5.37. The largest absolute Gasteiger partial charge is 0.256 e. The van der Waals surface area contributed by atoms with Crippen LogP contribution in [-0.2, 0) is 20.1 Å². The Morgan fingerprint density at radius 2 is 1.58 bits per heavy atom. The van der Waals surface area contributed by atoms with Crippen molar-refractivity contribution in [3.05, 3.63) is 42.6 Å². The number of benzene rings is 1. The molecule has 12 heavy (non-hydrogen) atoms. The molecule has 0 aliphatic rings. The third kappa shape index (κ3) is 2.35. The molecule has 0 fully saturated rings. The van der Waals surface area contributed by atoms with Gasteiger partial charge in [0.25, 0.3) is 0 Å². The summed E-state index contributed by atoms with van der Waals surface area (Å²) in [5, 5.41) is 1.20. The van der Waals surface area contributed by atoms with Gasteiger partial charge in [-0.1, -0.05) is 24.3 Å². The summed E-state index contributed by atoms with van der Waals surface area (Å²) in [6.45, 7) is 0. The van der Waals surface area contributed by atoms with Gasteiger partial charge in [-0.3, -0.25) is 4.98 Å². The summed E-state index contributed by atoms with van der Waals surface area (Å²) >= 11 is 0. The summed E-state index contributed by atoms with van der Waals surface area (Å²) in [4.78, 5) is 4.18. The Balaban J connectivity index is 0.000000605. The van der Waals surface area contributed by atoms with Crippen molar-refractivity contribution in [3.63, 3.8) is 0 Å². The molecule has 0 aliphatic heterocycles. The third-order valence-corrected chi connectivity index (χ3v) is 1.51. The molecule has 2 rings (SSSR count). The van der Waals surface area contributed by atoms with Crippen LogP contribution in [0.2, 0.25) is 0 Å². The van der Waals surface area contributed by atoms with Crippen molar-refractivity contribution in [2.45, 2.75) is 0 Å². The number of hydrogen-bond donors (Lipinski definition) is 0. The number of rotatable bonds is 0. The molecule has 0 amide bonds. The quantitative estimate of drug-likeness (QED) is 0.661. The summed E-state index contributed by atoms with van der Waals surface area (Å²) in [5.41, 5.74) is 1.06. The number of fused-ring (bicyclic) bond motifs is 1. The fraction of sp³-hybridized carbons (Fsp3) is 0. The molecule has 2 aromatic rings. The van der Waals surface area contributed by atoms with E-state index in [4.69, 9.17) is 0 Å². The van der Waals surface area contributed by atoms with Gasteiger partial charge >= 0.3 is 0 Å². The van der Waals surface area contributed by atoms with Crippen molar-refractivity contribution >= 4 is 20.8 Å². The molecule has 1 aromatic carbocycles. The van der Waals surface area contributed by atoms with Crippen LogP contribution in [0.15, 0.2) is 42.6 Å². The maximum Gasteiger partial charge on any atom is 0.0701 e. The van der Waals surface area contributed by atoms with Crippen LogP contribution in [0, 0.1) is 0 Å². The zero-order chi connectivity index (χ0) is 6.81. The van der Waals surface area contributed by atoms with Crippen molar-refractivity contribution in [2.24, 2.45) is 0 Å². The molecule has 3 heteroatoms. The summed E-state index contributed by atoms with van der Waals surface area (Å²) in [5.74, 6) is 0. The van der Waals surface area contributed by atoms with Crippen molar-refractivity contribution < 1.29 is 20.1 Å². The maximum absolute atomic E-state index is 4.18. The fourth-order valence-corrected chi connectivity index (χ4v) is 1.02. The Morgan fingerprint density at radius 3 is 2.33 bits per heavy atom. The van der Waals surface area contributed by atoms with E-state index in [0.717, 1.165) is 5.52 Å². The van der Waals surface area contributed by atoms with Gasteiger partial charge in [-0.25, -0.2) is 0 Å². The average molecular weight is 355 g/mol. The molecule has 1 aromatic heterocycles. The van der Waals surface area contributed by atoms with E-state index in [9.17, 15) is 0 Å². The van der Waals surface area contributed by atoms with Gasteiger partial charge < -0.3 is 0 Å². The number of para-hydroxylation sites is 1. The first-order valence-corrected chi connectivity index (χ1v) is 3.26. The molecule has 0 N–H and O–H groups in total. The van der Waals surface area contributed by atoms with E-state index in [2.05, 4.69) is 17.1 Å².